The normalized spacial score (nSPS) is 16.7. The van der Waals surface area contributed by atoms with Crippen molar-refractivity contribution in [2.45, 2.75) is 44.6 Å². The maximum absolute atomic E-state index is 12.4. The minimum absolute atomic E-state index is 0.00419. The highest BCUT2D eigenvalue weighted by Crippen LogP contribution is 2.22. The lowest BCUT2D eigenvalue weighted by atomic mass is 10.1. The number of nitrogens with two attached hydrogens (primary N) is 1. The summed E-state index contributed by atoms with van der Waals surface area (Å²) in [4.78, 5) is 18.4. The molecule has 5 heteroatoms. The van der Waals surface area contributed by atoms with Crippen LogP contribution in [-0.4, -0.2) is 28.9 Å². The molecule has 1 aliphatic carbocycles. The summed E-state index contributed by atoms with van der Waals surface area (Å²) in [6.45, 7) is 0. The van der Waals surface area contributed by atoms with Crippen molar-refractivity contribution >= 4 is 11.6 Å². The molecule has 1 saturated carbocycles. The van der Waals surface area contributed by atoms with Crippen molar-refractivity contribution in [1.82, 2.24) is 9.88 Å². The maximum Gasteiger partial charge on any atom is 0.272 e. The number of hydrazine groups is 1. The van der Waals surface area contributed by atoms with Gasteiger partial charge in [0.25, 0.3) is 5.91 Å². The van der Waals surface area contributed by atoms with Gasteiger partial charge in [0, 0.05) is 13.1 Å². The van der Waals surface area contributed by atoms with E-state index >= 15 is 0 Å². The lowest BCUT2D eigenvalue weighted by Crippen LogP contribution is -2.37. The summed E-state index contributed by atoms with van der Waals surface area (Å²) in [5.41, 5.74) is 3.69. The van der Waals surface area contributed by atoms with Gasteiger partial charge >= 0.3 is 0 Å². The largest absolute Gasteiger partial charge is 0.337 e. The average Bonchev–Trinajstić information content (AvgIpc) is 2.75. The standard InChI is InChI=1S/C14H22N4O/c1-18(12-6-4-2-3-5-7-12)14(19)13-9-8-11(17-15)10-16-13/h8-10,12,17H,2-7,15H2,1H3. The zero-order valence-electron chi connectivity index (χ0n) is 11.4. The molecule has 0 aromatic carbocycles. The van der Waals surface area contributed by atoms with E-state index in [1.807, 2.05) is 11.9 Å². The van der Waals surface area contributed by atoms with Gasteiger partial charge in [-0.05, 0) is 25.0 Å². The molecule has 19 heavy (non-hydrogen) atoms. The number of nitrogens with zero attached hydrogens (tertiary/aromatic N) is 2. The molecule has 1 aromatic rings. The van der Waals surface area contributed by atoms with E-state index in [9.17, 15) is 4.79 Å². The predicted octanol–water partition coefficient (Wildman–Crippen LogP) is 2.16. The quantitative estimate of drug-likeness (QED) is 0.497. The van der Waals surface area contributed by atoms with E-state index < -0.39 is 0 Å². The van der Waals surface area contributed by atoms with Crippen molar-refractivity contribution in [3.05, 3.63) is 24.0 Å². The van der Waals surface area contributed by atoms with Gasteiger partial charge in [0.1, 0.15) is 5.69 Å². The first kappa shape index (κ1) is 13.8. The Balaban J connectivity index is 2.04. The highest BCUT2D eigenvalue weighted by molar-refractivity contribution is 5.92. The smallest absolute Gasteiger partial charge is 0.272 e. The Hall–Kier alpha value is -1.62. The Labute approximate surface area is 114 Å². The number of nitrogens with one attached hydrogen (secondary N) is 1. The fraction of sp³-hybridized carbons (Fsp3) is 0.571. The Morgan fingerprint density at radius 3 is 2.53 bits per heavy atom. The second-order valence-electron chi connectivity index (χ2n) is 5.14. The number of hydrogen-bond donors (Lipinski definition) is 2. The van der Waals surface area contributed by atoms with Crippen LogP contribution >= 0.6 is 0 Å². The number of carbonyl (C=O) groups excluding carboxylic acids is 1. The van der Waals surface area contributed by atoms with Crippen molar-refractivity contribution < 1.29 is 4.79 Å². The van der Waals surface area contributed by atoms with Gasteiger partial charge in [0.2, 0.25) is 0 Å². The molecule has 1 heterocycles. The topological polar surface area (TPSA) is 71.2 Å². The number of carbonyl (C=O) groups is 1. The van der Waals surface area contributed by atoms with Crippen molar-refractivity contribution in [1.29, 1.82) is 0 Å². The monoisotopic (exact) mass is 262 g/mol. The van der Waals surface area contributed by atoms with E-state index in [4.69, 9.17) is 5.84 Å². The number of pyridine rings is 1. The van der Waals surface area contributed by atoms with Crippen molar-refractivity contribution in [2.24, 2.45) is 5.84 Å². The summed E-state index contributed by atoms with van der Waals surface area (Å²) < 4.78 is 0. The molecule has 0 aliphatic heterocycles. The van der Waals surface area contributed by atoms with Crippen molar-refractivity contribution in [3.63, 3.8) is 0 Å². The summed E-state index contributed by atoms with van der Waals surface area (Å²) in [5, 5.41) is 0. The van der Waals surface area contributed by atoms with Gasteiger partial charge < -0.3 is 10.3 Å². The van der Waals surface area contributed by atoms with Gasteiger partial charge in [0.05, 0.1) is 11.9 Å². The van der Waals surface area contributed by atoms with Crippen LogP contribution in [0.3, 0.4) is 0 Å². The molecule has 0 bridgehead atoms. The minimum Gasteiger partial charge on any atom is -0.337 e. The first-order valence-corrected chi connectivity index (χ1v) is 6.92. The molecule has 2 rings (SSSR count). The molecular weight excluding hydrogens is 240 g/mol. The molecule has 0 saturated heterocycles. The van der Waals surface area contributed by atoms with Crippen LogP contribution in [0.1, 0.15) is 49.0 Å². The number of aromatic nitrogens is 1. The third-order valence-electron chi connectivity index (χ3n) is 3.84. The van der Waals surface area contributed by atoms with E-state index in [1.165, 1.54) is 25.7 Å². The molecule has 5 nitrogen and oxygen atoms in total. The number of hydrogen-bond acceptors (Lipinski definition) is 4. The maximum atomic E-state index is 12.4. The Morgan fingerprint density at radius 2 is 2.00 bits per heavy atom. The lowest BCUT2D eigenvalue weighted by molar-refractivity contribution is 0.0712. The Bertz CT molecular complexity index is 410. The van der Waals surface area contributed by atoms with Crippen LogP contribution in [0.4, 0.5) is 5.69 Å². The van der Waals surface area contributed by atoms with E-state index in [1.54, 1.807) is 18.3 Å². The van der Waals surface area contributed by atoms with Gasteiger partial charge in [0.15, 0.2) is 0 Å². The molecule has 3 N–H and O–H groups in total. The zero-order valence-corrected chi connectivity index (χ0v) is 11.4. The van der Waals surface area contributed by atoms with Crippen LogP contribution in [0.2, 0.25) is 0 Å². The summed E-state index contributed by atoms with van der Waals surface area (Å²) in [5.74, 6) is 5.28. The summed E-state index contributed by atoms with van der Waals surface area (Å²) >= 11 is 0. The fourth-order valence-electron chi connectivity index (χ4n) is 2.60. The molecular formula is C14H22N4O. The fourth-order valence-corrected chi connectivity index (χ4v) is 2.60. The molecule has 1 amide bonds. The highest BCUT2D eigenvalue weighted by atomic mass is 16.2. The van der Waals surface area contributed by atoms with E-state index in [0.29, 0.717) is 17.4 Å². The van der Waals surface area contributed by atoms with Crippen molar-refractivity contribution in [2.75, 3.05) is 12.5 Å². The predicted molar refractivity (Wildman–Crippen MR) is 75.6 cm³/mol. The van der Waals surface area contributed by atoms with Crippen LogP contribution in [0.25, 0.3) is 0 Å². The van der Waals surface area contributed by atoms with Crippen LogP contribution in [-0.2, 0) is 0 Å². The molecule has 104 valence electrons. The minimum atomic E-state index is -0.00419. The summed E-state index contributed by atoms with van der Waals surface area (Å²) in [6.07, 6.45) is 8.78. The van der Waals surface area contributed by atoms with Gasteiger partial charge in [-0.15, -0.1) is 0 Å². The van der Waals surface area contributed by atoms with Crippen LogP contribution in [0.15, 0.2) is 18.3 Å². The Morgan fingerprint density at radius 1 is 1.32 bits per heavy atom. The third kappa shape index (κ3) is 3.44. The van der Waals surface area contributed by atoms with Gasteiger partial charge in [-0.2, -0.15) is 0 Å². The number of amides is 1. The highest BCUT2D eigenvalue weighted by Gasteiger charge is 2.22. The molecule has 0 spiro atoms. The SMILES string of the molecule is CN(C(=O)c1ccc(NN)cn1)C1CCCCCC1. The second kappa shape index (κ2) is 6.52. The molecule has 1 aliphatic rings. The van der Waals surface area contributed by atoms with Crippen molar-refractivity contribution in [3.8, 4) is 0 Å². The Kier molecular flexibility index (Phi) is 4.74. The molecule has 0 unspecified atom stereocenters. The van der Waals surface area contributed by atoms with Gasteiger partial charge in [-0.3, -0.25) is 10.6 Å². The van der Waals surface area contributed by atoms with E-state index in [2.05, 4.69) is 10.4 Å². The second-order valence-corrected chi connectivity index (χ2v) is 5.14. The van der Waals surface area contributed by atoms with E-state index in [-0.39, 0.29) is 5.91 Å². The first-order chi connectivity index (χ1) is 9.22. The summed E-state index contributed by atoms with van der Waals surface area (Å²) in [7, 11) is 1.88. The molecule has 0 atom stereocenters. The zero-order chi connectivity index (χ0) is 13.7. The number of rotatable bonds is 3. The van der Waals surface area contributed by atoms with E-state index in [0.717, 1.165) is 12.8 Å². The van der Waals surface area contributed by atoms with Crippen LogP contribution < -0.4 is 11.3 Å². The molecule has 0 radical (unpaired) electrons. The van der Waals surface area contributed by atoms with Crippen LogP contribution in [0, 0.1) is 0 Å². The van der Waals surface area contributed by atoms with Gasteiger partial charge in [-0.1, -0.05) is 25.7 Å². The lowest BCUT2D eigenvalue weighted by Gasteiger charge is -2.26. The first-order valence-electron chi connectivity index (χ1n) is 6.92. The average molecular weight is 262 g/mol. The number of nitrogen functional groups attached to an aromatic ring is 1. The number of anilines is 1. The van der Waals surface area contributed by atoms with Crippen LogP contribution in [0.5, 0.6) is 0 Å². The summed E-state index contributed by atoms with van der Waals surface area (Å²) in [6, 6.07) is 3.83. The molecule has 1 aromatic heterocycles. The molecule has 1 fully saturated rings. The van der Waals surface area contributed by atoms with Gasteiger partial charge in [-0.25, -0.2) is 4.98 Å². The third-order valence-corrected chi connectivity index (χ3v) is 3.84.